The number of piperidine rings is 1. The Labute approximate surface area is 198 Å². The Kier molecular flexibility index (Phi) is 5.49. The van der Waals surface area contributed by atoms with Crippen LogP contribution in [0.2, 0.25) is 0 Å². The Morgan fingerprint density at radius 2 is 2.00 bits per heavy atom. The minimum absolute atomic E-state index is 0.0329. The lowest BCUT2D eigenvalue weighted by Crippen LogP contribution is -2.54. The summed E-state index contributed by atoms with van der Waals surface area (Å²) in [5.74, 6) is -0.640. The van der Waals surface area contributed by atoms with E-state index < -0.39 is 12.1 Å². The van der Waals surface area contributed by atoms with Gasteiger partial charge in [0.05, 0.1) is 6.04 Å². The zero-order chi connectivity index (χ0) is 24.2. The third-order valence-electron chi connectivity index (χ3n) is 8.24. The predicted molar refractivity (Wildman–Crippen MR) is 127 cm³/mol. The van der Waals surface area contributed by atoms with Crippen molar-refractivity contribution in [1.82, 2.24) is 20.5 Å². The minimum Gasteiger partial charge on any atom is -0.356 e. The van der Waals surface area contributed by atoms with Gasteiger partial charge in [-0.3, -0.25) is 19.2 Å². The van der Waals surface area contributed by atoms with Crippen LogP contribution in [0.25, 0.3) is 10.9 Å². The average Bonchev–Trinajstić information content (AvgIpc) is 3.33. The van der Waals surface area contributed by atoms with Crippen LogP contribution in [0.4, 0.5) is 0 Å². The third kappa shape index (κ3) is 3.69. The molecule has 8 nitrogen and oxygen atoms in total. The lowest BCUT2D eigenvalue weighted by atomic mass is 9.94. The van der Waals surface area contributed by atoms with E-state index in [0.717, 1.165) is 10.9 Å². The van der Waals surface area contributed by atoms with Gasteiger partial charge in [-0.25, -0.2) is 0 Å². The van der Waals surface area contributed by atoms with Crippen LogP contribution in [-0.2, 0) is 14.4 Å². The standard InChI is InChI=1S/C26H32N4O4/c1-4-20(31)18(12-15-9-10-27-23(15)32)29-24(33)22-21-16(26(21,2)3)13-30(22)25(34)19-11-14-7-5-6-8-17(14)28-19/h5-8,11,15-16,18,21-22,28H,4,9-10,12-13H2,1-3H3,(H,27,32)(H,29,33)/t15-,16-,18-,21-,22-/m0/s1. The molecule has 0 spiro atoms. The molecule has 5 atom stereocenters. The number of rotatable bonds is 7. The van der Waals surface area contributed by atoms with Crippen molar-refractivity contribution in [3.8, 4) is 0 Å². The second-order valence-corrected chi connectivity index (χ2v) is 10.5. The van der Waals surface area contributed by atoms with Crippen LogP contribution in [0.1, 0.15) is 50.5 Å². The van der Waals surface area contributed by atoms with Gasteiger partial charge in [0.25, 0.3) is 5.91 Å². The largest absolute Gasteiger partial charge is 0.356 e. The number of aromatic nitrogens is 1. The summed E-state index contributed by atoms with van der Waals surface area (Å²) >= 11 is 0. The molecule has 1 aliphatic carbocycles. The van der Waals surface area contributed by atoms with E-state index in [1.165, 1.54) is 0 Å². The van der Waals surface area contributed by atoms with Crippen LogP contribution in [0.15, 0.2) is 30.3 Å². The number of hydrogen-bond donors (Lipinski definition) is 3. The fourth-order valence-corrected chi connectivity index (χ4v) is 6.07. The maximum absolute atomic E-state index is 13.6. The summed E-state index contributed by atoms with van der Waals surface area (Å²) in [4.78, 5) is 56.7. The van der Waals surface area contributed by atoms with E-state index in [9.17, 15) is 19.2 Å². The van der Waals surface area contributed by atoms with Crippen molar-refractivity contribution in [3.05, 3.63) is 36.0 Å². The van der Waals surface area contributed by atoms with Crippen molar-refractivity contribution < 1.29 is 19.2 Å². The van der Waals surface area contributed by atoms with E-state index in [1.807, 2.05) is 30.3 Å². The van der Waals surface area contributed by atoms with Crippen LogP contribution < -0.4 is 10.6 Å². The number of likely N-dealkylation sites (tertiary alicyclic amines) is 1. The predicted octanol–water partition coefficient (Wildman–Crippen LogP) is 2.25. The molecular formula is C26H32N4O4. The van der Waals surface area contributed by atoms with Crippen molar-refractivity contribution in [1.29, 1.82) is 0 Å². The minimum atomic E-state index is -0.725. The van der Waals surface area contributed by atoms with Gasteiger partial charge in [0, 0.05) is 36.3 Å². The number of fused-ring (bicyclic) bond motifs is 2. The molecular weight excluding hydrogens is 432 g/mol. The first kappa shape index (κ1) is 22.6. The molecule has 34 heavy (non-hydrogen) atoms. The van der Waals surface area contributed by atoms with Crippen LogP contribution in [-0.4, -0.2) is 58.6 Å². The van der Waals surface area contributed by atoms with Crippen LogP contribution in [0.3, 0.4) is 0 Å². The Bertz CT molecular complexity index is 1140. The van der Waals surface area contributed by atoms with Crippen molar-refractivity contribution in [2.24, 2.45) is 23.2 Å². The van der Waals surface area contributed by atoms with E-state index in [1.54, 1.807) is 11.8 Å². The second kappa shape index (κ2) is 8.25. The van der Waals surface area contributed by atoms with Crippen LogP contribution in [0.5, 0.6) is 0 Å². The van der Waals surface area contributed by atoms with E-state index in [2.05, 4.69) is 29.5 Å². The van der Waals surface area contributed by atoms with Crippen molar-refractivity contribution in [2.45, 2.75) is 52.1 Å². The van der Waals surface area contributed by atoms with Crippen molar-refractivity contribution >= 4 is 34.4 Å². The number of hydrogen-bond acceptors (Lipinski definition) is 4. The molecule has 0 unspecified atom stereocenters. The monoisotopic (exact) mass is 464 g/mol. The van der Waals surface area contributed by atoms with Gasteiger partial charge in [-0.1, -0.05) is 39.0 Å². The molecule has 2 aromatic rings. The molecule has 5 rings (SSSR count). The van der Waals surface area contributed by atoms with Gasteiger partial charge < -0.3 is 20.5 Å². The summed E-state index contributed by atoms with van der Waals surface area (Å²) in [5.41, 5.74) is 1.30. The number of nitrogens with one attached hydrogen (secondary N) is 3. The van der Waals surface area contributed by atoms with Gasteiger partial charge in [-0.2, -0.15) is 0 Å². The lowest BCUT2D eigenvalue weighted by Gasteiger charge is -2.31. The molecule has 1 aromatic carbocycles. The van der Waals surface area contributed by atoms with E-state index >= 15 is 0 Å². The van der Waals surface area contributed by atoms with Gasteiger partial charge in [-0.15, -0.1) is 0 Å². The summed E-state index contributed by atoms with van der Waals surface area (Å²) in [6.07, 6.45) is 1.23. The van der Waals surface area contributed by atoms with E-state index in [0.29, 0.717) is 31.6 Å². The highest BCUT2D eigenvalue weighted by molar-refractivity contribution is 6.01. The first-order chi connectivity index (χ1) is 16.2. The highest BCUT2D eigenvalue weighted by atomic mass is 16.2. The summed E-state index contributed by atoms with van der Waals surface area (Å²) < 4.78 is 0. The van der Waals surface area contributed by atoms with Gasteiger partial charge in [0.1, 0.15) is 11.7 Å². The summed E-state index contributed by atoms with van der Waals surface area (Å²) in [6, 6.07) is 8.15. The third-order valence-corrected chi connectivity index (χ3v) is 8.24. The number of Topliss-reactive ketones (excluding diaryl/α,β-unsaturated/α-hetero) is 1. The lowest BCUT2D eigenvalue weighted by molar-refractivity contribution is -0.132. The number of para-hydroxylation sites is 1. The second-order valence-electron chi connectivity index (χ2n) is 10.5. The van der Waals surface area contributed by atoms with Crippen molar-refractivity contribution in [2.75, 3.05) is 13.1 Å². The highest BCUT2D eigenvalue weighted by Gasteiger charge is 2.69. The van der Waals surface area contributed by atoms with Gasteiger partial charge in [0.15, 0.2) is 5.78 Å². The molecule has 3 fully saturated rings. The molecule has 3 heterocycles. The van der Waals surface area contributed by atoms with Gasteiger partial charge in [-0.05, 0) is 42.2 Å². The van der Waals surface area contributed by atoms with E-state index in [-0.39, 0.29) is 53.1 Å². The molecule has 0 bridgehead atoms. The fraction of sp³-hybridized carbons (Fsp3) is 0.538. The first-order valence-corrected chi connectivity index (χ1v) is 12.2. The van der Waals surface area contributed by atoms with Gasteiger partial charge in [0.2, 0.25) is 11.8 Å². The molecule has 8 heteroatoms. The summed E-state index contributed by atoms with van der Waals surface area (Å²) in [5, 5.41) is 6.68. The number of ketones is 1. The maximum atomic E-state index is 13.6. The molecule has 3 N–H and O–H groups in total. The summed E-state index contributed by atoms with van der Waals surface area (Å²) in [7, 11) is 0. The summed E-state index contributed by atoms with van der Waals surface area (Å²) in [6.45, 7) is 7.13. The normalized spacial score (nSPS) is 27.9. The quantitative estimate of drug-likeness (QED) is 0.584. The molecule has 2 saturated heterocycles. The van der Waals surface area contributed by atoms with Crippen LogP contribution in [0, 0.1) is 23.2 Å². The maximum Gasteiger partial charge on any atom is 0.271 e. The molecule has 3 aliphatic rings. The number of amides is 3. The van der Waals surface area contributed by atoms with Gasteiger partial charge >= 0.3 is 0 Å². The fourth-order valence-electron chi connectivity index (χ4n) is 6.07. The molecule has 2 aliphatic heterocycles. The topological polar surface area (TPSA) is 111 Å². The van der Waals surface area contributed by atoms with Crippen molar-refractivity contribution in [3.63, 3.8) is 0 Å². The number of benzene rings is 1. The smallest absolute Gasteiger partial charge is 0.271 e. The van der Waals surface area contributed by atoms with E-state index in [4.69, 9.17) is 0 Å². The highest BCUT2D eigenvalue weighted by Crippen LogP contribution is 2.65. The molecule has 0 radical (unpaired) electrons. The Balaban J connectivity index is 1.38. The Morgan fingerprint density at radius 3 is 2.68 bits per heavy atom. The molecule has 3 amide bonds. The zero-order valence-electron chi connectivity index (χ0n) is 19.9. The average molecular weight is 465 g/mol. The Hall–Kier alpha value is -3.16. The number of carbonyl (C=O) groups is 4. The number of aromatic amines is 1. The number of carbonyl (C=O) groups excluding carboxylic acids is 4. The zero-order valence-corrected chi connectivity index (χ0v) is 19.9. The number of nitrogens with zero attached hydrogens (tertiary/aromatic N) is 1. The first-order valence-electron chi connectivity index (χ1n) is 12.2. The molecule has 1 saturated carbocycles. The molecule has 180 valence electrons. The molecule has 1 aromatic heterocycles. The SMILES string of the molecule is CCC(=O)[C@H](C[C@@H]1CCNC1=O)NC(=O)[C@@H]1[C@@H]2[C@H](CN1C(=O)c1cc3ccccc3[nH]1)C2(C)C. The number of H-pyrrole nitrogens is 1. The Morgan fingerprint density at radius 1 is 1.24 bits per heavy atom. The van der Waals surface area contributed by atoms with Crippen LogP contribution >= 0.6 is 0 Å².